The predicted octanol–water partition coefficient (Wildman–Crippen LogP) is 5.47. The Kier molecular flexibility index (Phi) is 5.83. The molecule has 1 aliphatic heterocycles. The van der Waals surface area contributed by atoms with Crippen LogP contribution in [0.4, 0.5) is 11.4 Å². The minimum atomic E-state index is -3.60. The molecule has 0 spiro atoms. The topological polar surface area (TPSA) is 66.5 Å². The SMILES string of the molecule is CC(=O)N1c2ccc(NS(=O)(=O)Cc3ccccc3)cc2C(C)(c2ccccc2)CC1(C)C. The Labute approximate surface area is 196 Å². The Bertz CT molecular complexity index is 1270. The van der Waals surface area contributed by atoms with Gasteiger partial charge in [0, 0.05) is 29.3 Å². The van der Waals surface area contributed by atoms with E-state index in [4.69, 9.17) is 0 Å². The minimum Gasteiger partial charge on any atom is -0.307 e. The van der Waals surface area contributed by atoms with Gasteiger partial charge in [-0.05, 0) is 55.2 Å². The maximum atomic E-state index is 12.9. The Morgan fingerprint density at radius 2 is 1.55 bits per heavy atom. The highest BCUT2D eigenvalue weighted by Gasteiger charge is 2.47. The smallest absolute Gasteiger partial charge is 0.236 e. The molecule has 1 unspecified atom stereocenters. The molecule has 5 nitrogen and oxygen atoms in total. The van der Waals surface area contributed by atoms with Gasteiger partial charge < -0.3 is 4.90 Å². The van der Waals surface area contributed by atoms with Gasteiger partial charge >= 0.3 is 0 Å². The van der Waals surface area contributed by atoms with Crippen LogP contribution in [0.25, 0.3) is 0 Å². The first-order valence-corrected chi connectivity index (χ1v) is 12.7. The summed E-state index contributed by atoms with van der Waals surface area (Å²) in [5, 5.41) is 0. The normalized spacial score (nSPS) is 19.6. The lowest BCUT2D eigenvalue weighted by Crippen LogP contribution is -2.55. The van der Waals surface area contributed by atoms with Crippen molar-refractivity contribution in [2.75, 3.05) is 9.62 Å². The molecule has 1 amide bonds. The first kappa shape index (κ1) is 23.1. The molecule has 6 heteroatoms. The molecule has 1 heterocycles. The van der Waals surface area contributed by atoms with E-state index in [9.17, 15) is 13.2 Å². The number of sulfonamides is 1. The number of hydrogen-bond donors (Lipinski definition) is 1. The Balaban J connectivity index is 1.79. The molecule has 1 N–H and O–H groups in total. The van der Waals surface area contributed by atoms with Crippen molar-refractivity contribution >= 4 is 27.3 Å². The number of fused-ring (bicyclic) bond motifs is 1. The second-order valence-electron chi connectivity index (χ2n) is 9.62. The van der Waals surface area contributed by atoms with E-state index in [1.54, 1.807) is 25.1 Å². The molecule has 1 atom stereocenters. The van der Waals surface area contributed by atoms with Gasteiger partial charge in [-0.25, -0.2) is 8.42 Å². The first-order chi connectivity index (χ1) is 15.5. The highest BCUT2D eigenvalue weighted by Crippen LogP contribution is 2.51. The molecule has 33 heavy (non-hydrogen) atoms. The molecular formula is C27H30N2O3S. The predicted molar refractivity (Wildman–Crippen MR) is 134 cm³/mol. The van der Waals surface area contributed by atoms with Crippen LogP contribution in [0.2, 0.25) is 0 Å². The van der Waals surface area contributed by atoms with Gasteiger partial charge in [-0.3, -0.25) is 9.52 Å². The van der Waals surface area contributed by atoms with Crippen molar-refractivity contribution in [1.82, 2.24) is 0 Å². The van der Waals surface area contributed by atoms with Gasteiger partial charge in [0.1, 0.15) is 0 Å². The van der Waals surface area contributed by atoms with Crippen LogP contribution in [0.15, 0.2) is 78.9 Å². The zero-order chi connectivity index (χ0) is 23.9. The van der Waals surface area contributed by atoms with Gasteiger partial charge in [0.25, 0.3) is 0 Å². The van der Waals surface area contributed by atoms with Crippen molar-refractivity contribution < 1.29 is 13.2 Å². The third kappa shape index (κ3) is 4.53. The number of anilines is 2. The Hall–Kier alpha value is -3.12. The monoisotopic (exact) mass is 462 g/mol. The zero-order valence-corrected chi connectivity index (χ0v) is 20.3. The van der Waals surface area contributed by atoms with Crippen LogP contribution in [-0.2, 0) is 26.0 Å². The average Bonchev–Trinajstić information content (AvgIpc) is 2.74. The number of carbonyl (C=O) groups is 1. The van der Waals surface area contributed by atoms with Crippen molar-refractivity contribution in [2.45, 2.75) is 50.8 Å². The number of nitrogens with one attached hydrogen (secondary N) is 1. The lowest BCUT2D eigenvalue weighted by molar-refractivity contribution is -0.117. The van der Waals surface area contributed by atoms with Crippen LogP contribution >= 0.6 is 0 Å². The van der Waals surface area contributed by atoms with Gasteiger partial charge in [0.15, 0.2) is 0 Å². The van der Waals surface area contributed by atoms with E-state index in [1.165, 1.54) is 0 Å². The van der Waals surface area contributed by atoms with Crippen LogP contribution < -0.4 is 9.62 Å². The molecule has 0 bridgehead atoms. The molecule has 4 rings (SSSR count). The summed E-state index contributed by atoms with van der Waals surface area (Å²) in [7, 11) is -3.60. The van der Waals surface area contributed by atoms with Crippen molar-refractivity contribution in [2.24, 2.45) is 0 Å². The number of carbonyl (C=O) groups excluding carboxylic acids is 1. The molecular weight excluding hydrogens is 432 g/mol. The third-order valence-electron chi connectivity index (χ3n) is 6.42. The molecule has 3 aromatic rings. The van der Waals surface area contributed by atoms with E-state index in [0.717, 1.165) is 22.4 Å². The zero-order valence-electron chi connectivity index (χ0n) is 19.5. The number of hydrogen-bond acceptors (Lipinski definition) is 3. The van der Waals surface area contributed by atoms with Gasteiger partial charge in [-0.2, -0.15) is 0 Å². The molecule has 0 aliphatic carbocycles. The fourth-order valence-electron chi connectivity index (χ4n) is 5.27. The minimum absolute atomic E-state index is 0.0335. The lowest BCUT2D eigenvalue weighted by Gasteiger charge is -2.51. The largest absolute Gasteiger partial charge is 0.307 e. The van der Waals surface area contributed by atoms with Gasteiger partial charge in [0.2, 0.25) is 15.9 Å². The summed E-state index contributed by atoms with van der Waals surface area (Å²) >= 11 is 0. The van der Waals surface area contributed by atoms with E-state index in [0.29, 0.717) is 12.1 Å². The van der Waals surface area contributed by atoms with Crippen LogP contribution in [0.3, 0.4) is 0 Å². The molecule has 1 aliphatic rings. The highest BCUT2D eigenvalue weighted by molar-refractivity contribution is 7.91. The third-order valence-corrected chi connectivity index (χ3v) is 7.68. The van der Waals surface area contributed by atoms with Crippen molar-refractivity contribution in [3.8, 4) is 0 Å². The highest BCUT2D eigenvalue weighted by atomic mass is 32.2. The lowest BCUT2D eigenvalue weighted by atomic mass is 9.65. The second kappa shape index (κ2) is 8.34. The van der Waals surface area contributed by atoms with Crippen LogP contribution in [0, 0.1) is 0 Å². The van der Waals surface area contributed by atoms with Gasteiger partial charge in [0.05, 0.1) is 5.75 Å². The first-order valence-electron chi connectivity index (χ1n) is 11.1. The van der Waals surface area contributed by atoms with E-state index in [2.05, 4.69) is 37.6 Å². The number of rotatable bonds is 5. The van der Waals surface area contributed by atoms with Gasteiger partial charge in [-0.1, -0.05) is 67.6 Å². The summed E-state index contributed by atoms with van der Waals surface area (Å²) in [5.74, 6) is -0.137. The Morgan fingerprint density at radius 1 is 0.939 bits per heavy atom. The maximum absolute atomic E-state index is 12.9. The number of benzene rings is 3. The Morgan fingerprint density at radius 3 is 2.15 bits per heavy atom. The standard InChI is InChI=1S/C27H30N2O3S/c1-20(30)29-25-16-15-23(28-33(31,32)18-21-11-7-5-8-12-21)17-24(25)27(4,19-26(29,2)3)22-13-9-6-10-14-22/h5-17,28H,18-19H2,1-4H3. The van der Waals surface area contributed by atoms with Crippen LogP contribution in [0.5, 0.6) is 0 Å². The number of amides is 1. The molecule has 172 valence electrons. The quantitative estimate of drug-likeness (QED) is 0.547. The molecule has 0 fully saturated rings. The average molecular weight is 463 g/mol. The van der Waals surface area contributed by atoms with E-state index < -0.39 is 21.0 Å². The maximum Gasteiger partial charge on any atom is 0.236 e. The van der Waals surface area contributed by atoms with E-state index >= 15 is 0 Å². The number of nitrogens with zero attached hydrogens (tertiary/aromatic N) is 1. The van der Waals surface area contributed by atoms with E-state index in [1.807, 2.05) is 53.4 Å². The molecule has 0 radical (unpaired) electrons. The summed E-state index contributed by atoms with van der Waals surface area (Å²) in [6, 6.07) is 24.8. The summed E-state index contributed by atoms with van der Waals surface area (Å²) in [4.78, 5) is 14.5. The summed E-state index contributed by atoms with van der Waals surface area (Å²) in [6.07, 6.45) is 0.705. The van der Waals surface area contributed by atoms with Gasteiger partial charge in [-0.15, -0.1) is 0 Å². The summed E-state index contributed by atoms with van der Waals surface area (Å²) in [6.45, 7) is 7.90. The molecule has 3 aromatic carbocycles. The van der Waals surface area contributed by atoms with Crippen molar-refractivity contribution in [3.05, 3.63) is 95.6 Å². The van der Waals surface area contributed by atoms with Crippen LogP contribution in [-0.4, -0.2) is 19.9 Å². The summed E-state index contributed by atoms with van der Waals surface area (Å²) in [5.41, 5.74) is 3.30. The molecule has 0 saturated carbocycles. The summed E-state index contributed by atoms with van der Waals surface area (Å²) < 4.78 is 28.5. The van der Waals surface area contributed by atoms with E-state index in [-0.39, 0.29) is 11.7 Å². The van der Waals surface area contributed by atoms with Crippen molar-refractivity contribution in [1.29, 1.82) is 0 Å². The molecule has 0 aromatic heterocycles. The second-order valence-corrected chi connectivity index (χ2v) is 11.3. The van der Waals surface area contributed by atoms with Crippen LogP contribution in [0.1, 0.15) is 50.8 Å². The fourth-order valence-corrected chi connectivity index (χ4v) is 6.46. The van der Waals surface area contributed by atoms with Crippen molar-refractivity contribution in [3.63, 3.8) is 0 Å². The molecule has 0 saturated heterocycles. The fraction of sp³-hybridized carbons (Fsp3) is 0.296.